The van der Waals surface area contributed by atoms with Crippen LogP contribution in [0, 0.1) is 12.7 Å². The number of amides is 1. The predicted molar refractivity (Wildman–Crippen MR) is 118 cm³/mol. The number of carbonyl (C=O) groups is 1. The van der Waals surface area contributed by atoms with Crippen molar-refractivity contribution in [2.45, 2.75) is 32.2 Å². The molecule has 4 heterocycles. The standard InChI is InChI=1S/C23H21FN4O3S/c1-13-18-21(26-12-27(2)22(18)29)32-19(13)23(30)28-9-3-4-17(28)20-25-11-16(31-20)10-14-5-7-15(24)8-6-14/h5-8,11-12,17H,3-4,9-10H2,1-2H3/t17-/m0/s1. The number of hydrogen-bond acceptors (Lipinski definition) is 6. The van der Waals surface area contributed by atoms with E-state index in [1.807, 2.05) is 0 Å². The molecular formula is C23H21FN4O3S. The normalized spacial score (nSPS) is 16.2. The van der Waals surface area contributed by atoms with E-state index < -0.39 is 0 Å². The van der Waals surface area contributed by atoms with E-state index in [1.165, 1.54) is 34.4 Å². The van der Waals surface area contributed by atoms with Crippen LogP contribution in [0.3, 0.4) is 0 Å². The number of oxazole rings is 1. The number of rotatable bonds is 4. The minimum absolute atomic E-state index is 0.131. The van der Waals surface area contributed by atoms with Crippen molar-refractivity contribution in [2.24, 2.45) is 7.05 Å². The van der Waals surface area contributed by atoms with Crippen molar-refractivity contribution in [3.05, 3.63) is 80.6 Å². The summed E-state index contributed by atoms with van der Waals surface area (Å²) in [5.74, 6) is 0.752. The average Bonchev–Trinajstić information content (AvgIpc) is 3.51. The highest BCUT2D eigenvalue weighted by molar-refractivity contribution is 7.20. The molecule has 1 amide bonds. The molecule has 1 fully saturated rings. The number of aryl methyl sites for hydroxylation is 2. The SMILES string of the molecule is Cc1c(C(=O)N2CCC[C@H]2c2ncc(Cc3ccc(F)cc3)o2)sc2ncn(C)c(=O)c12. The number of benzene rings is 1. The third-order valence-electron chi connectivity index (χ3n) is 5.87. The molecule has 0 unspecified atom stereocenters. The van der Waals surface area contributed by atoms with Crippen LogP contribution < -0.4 is 5.56 Å². The van der Waals surface area contributed by atoms with Gasteiger partial charge in [-0.05, 0) is 43.0 Å². The molecule has 0 saturated carbocycles. The predicted octanol–water partition coefficient (Wildman–Crippen LogP) is 4.00. The molecule has 4 aromatic rings. The summed E-state index contributed by atoms with van der Waals surface area (Å²) in [6, 6.07) is 6.00. The fourth-order valence-electron chi connectivity index (χ4n) is 4.17. The van der Waals surface area contributed by atoms with Crippen molar-refractivity contribution in [3.63, 3.8) is 0 Å². The fourth-order valence-corrected chi connectivity index (χ4v) is 5.27. The number of nitrogens with zero attached hydrogens (tertiary/aromatic N) is 4. The molecule has 0 aliphatic carbocycles. The Morgan fingerprint density at radius 1 is 1.28 bits per heavy atom. The monoisotopic (exact) mass is 452 g/mol. The Morgan fingerprint density at radius 3 is 2.84 bits per heavy atom. The largest absolute Gasteiger partial charge is 0.443 e. The van der Waals surface area contributed by atoms with Crippen molar-refractivity contribution in [3.8, 4) is 0 Å². The van der Waals surface area contributed by atoms with E-state index in [-0.39, 0.29) is 23.3 Å². The molecule has 164 valence electrons. The first-order valence-corrected chi connectivity index (χ1v) is 11.2. The number of hydrogen-bond donors (Lipinski definition) is 0. The van der Waals surface area contributed by atoms with Gasteiger partial charge in [0.15, 0.2) is 0 Å². The molecule has 0 radical (unpaired) electrons. The van der Waals surface area contributed by atoms with Gasteiger partial charge in [0, 0.05) is 20.0 Å². The highest BCUT2D eigenvalue weighted by Crippen LogP contribution is 2.36. The maximum atomic E-state index is 13.4. The molecule has 3 aromatic heterocycles. The van der Waals surface area contributed by atoms with E-state index in [9.17, 15) is 14.0 Å². The van der Waals surface area contributed by atoms with Crippen LogP contribution in [0.1, 0.15) is 51.3 Å². The van der Waals surface area contributed by atoms with Crippen molar-refractivity contribution < 1.29 is 13.6 Å². The number of carbonyl (C=O) groups excluding carboxylic acids is 1. The zero-order chi connectivity index (χ0) is 22.4. The van der Waals surface area contributed by atoms with Crippen LogP contribution in [-0.4, -0.2) is 31.9 Å². The van der Waals surface area contributed by atoms with Crippen LogP contribution in [0.4, 0.5) is 4.39 Å². The molecule has 5 rings (SSSR count). The first-order valence-electron chi connectivity index (χ1n) is 10.4. The van der Waals surface area contributed by atoms with Crippen molar-refractivity contribution >= 4 is 27.5 Å². The lowest BCUT2D eigenvalue weighted by atomic mass is 10.1. The van der Waals surface area contributed by atoms with Crippen LogP contribution in [0.5, 0.6) is 0 Å². The fraction of sp³-hybridized carbons (Fsp3) is 0.304. The number of halogens is 1. The van der Waals surface area contributed by atoms with Gasteiger partial charge in [0.25, 0.3) is 11.5 Å². The Kier molecular flexibility index (Phi) is 5.13. The van der Waals surface area contributed by atoms with E-state index in [1.54, 1.807) is 37.2 Å². The third-order valence-corrected chi connectivity index (χ3v) is 7.05. The van der Waals surface area contributed by atoms with Gasteiger partial charge in [-0.3, -0.25) is 9.59 Å². The Labute approximate surface area is 187 Å². The topological polar surface area (TPSA) is 81.2 Å². The lowest BCUT2D eigenvalue weighted by Gasteiger charge is -2.22. The summed E-state index contributed by atoms with van der Waals surface area (Å²) >= 11 is 1.25. The molecule has 32 heavy (non-hydrogen) atoms. The maximum absolute atomic E-state index is 13.4. The summed E-state index contributed by atoms with van der Waals surface area (Å²) in [6.07, 6.45) is 5.24. The van der Waals surface area contributed by atoms with Crippen molar-refractivity contribution in [1.82, 2.24) is 19.4 Å². The van der Waals surface area contributed by atoms with Gasteiger partial charge in [0.1, 0.15) is 22.4 Å². The summed E-state index contributed by atoms with van der Waals surface area (Å²) < 4.78 is 20.5. The van der Waals surface area contributed by atoms with Gasteiger partial charge in [-0.15, -0.1) is 11.3 Å². The van der Waals surface area contributed by atoms with E-state index in [0.717, 1.165) is 18.4 Å². The number of fused-ring (bicyclic) bond motifs is 1. The van der Waals surface area contributed by atoms with Gasteiger partial charge in [0.2, 0.25) is 5.89 Å². The lowest BCUT2D eigenvalue weighted by Crippen LogP contribution is -2.30. The average molecular weight is 453 g/mol. The van der Waals surface area contributed by atoms with Gasteiger partial charge in [0.05, 0.1) is 22.8 Å². The van der Waals surface area contributed by atoms with Gasteiger partial charge in [-0.2, -0.15) is 0 Å². The van der Waals surface area contributed by atoms with Crippen molar-refractivity contribution in [1.29, 1.82) is 0 Å². The molecule has 0 N–H and O–H groups in total. The highest BCUT2D eigenvalue weighted by Gasteiger charge is 2.35. The summed E-state index contributed by atoms with van der Waals surface area (Å²) in [6.45, 7) is 2.39. The smallest absolute Gasteiger partial charge is 0.264 e. The Hall–Kier alpha value is -3.33. The van der Waals surface area contributed by atoms with E-state index in [0.29, 0.717) is 45.3 Å². The molecule has 7 nitrogen and oxygen atoms in total. The molecule has 1 atom stereocenters. The Morgan fingerprint density at radius 2 is 2.06 bits per heavy atom. The molecule has 1 saturated heterocycles. The molecule has 0 spiro atoms. The van der Waals surface area contributed by atoms with Crippen LogP contribution in [0.25, 0.3) is 10.2 Å². The summed E-state index contributed by atoms with van der Waals surface area (Å²) in [7, 11) is 1.65. The maximum Gasteiger partial charge on any atom is 0.264 e. The molecule has 1 aliphatic heterocycles. The van der Waals surface area contributed by atoms with Gasteiger partial charge >= 0.3 is 0 Å². The van der Waals surface area contributed by atoms with Crippen LogP contribution in [0.2, 0.25) is 0 Å². The molecule has 9 heteroatoms. The number of thiophene rings is 1. The van der Waals surface area contributed by atoms with Crippen LogP contribution in [-0.2, 0) is 13.5 Å². The molecule has 1 aromatic carbocycles. The molecular weight excluding hydrogens is 431 g/mol. The second-order valence-electron chi connectivity index (χ2n) is 8.02. The minimum atomic E-state index is -0.281. The molecule has 1 aliphatic rings. The summed E-state index contributed by atoms with van der Waals surface area (Å²) in [5, 5.41) is 0.497. The van der Waals surface area contributed by atoms with Gasteiger partial charge in [-0.1, -0.05) is 12.1 Å². The van der Waals surface area contributed by atoms with Gasteiger partial charge < -0.3 is 13.9 Å². The number of likely N-dealkylation sites (tertiary alicyclic amines) is 1. The Balaban J connectivity index is 1.41. The van der Waals surface area contributed by atoms with E-state index in [4.69, 9.17) is 4.42 Å². The van der Waals surface area contributed by atoms with E-state index >= 15 is 0 Å². The molecule has 0 bridgehead atoms. The zero-order valence-corrected chi connectivity index (χ0v) is 18.5. The lowest BCUT2D eigenvalue weighted by molar-refractivity contribution is 0.0719. The van der Waals surface area contributed by atoms with Crippen LogP contribution in [0.15, 0.2) is 46.0 Å². The summed E-state index contributed by atoms with van der Waals surface area (Å²) in [4.78, 5) is 37.6. The van der Waals surface area contributed by atoms with Crippen molar-refractivity contribution in [2.75, 3.05) is 6.54 Å². The van der Waals surface area contributed by atoms with E-state index in [2.05, 4.69) is 9.97 Å². The number of aromatic nitrogens is 3. The minimum Gasteiger partial charge on any atom is -0.443 e. The first-order chi connectivity index (χ1) is 15.4. The summed E-state index contributed by atoms with van der Waals surface area (Å²) in [5.41, 5.74) is 1.43. The second kappa shape index (κ2) is 7.98. The second-order valence-corrected chi connectivity index (χ2v) is 9.02. The zero-order valence-electron chi connectivity index (χ0n) is 17.7. The van der Waals surface area contributed by atoms with Crippen LogP contribution >= 0.6 is 11.3 Å². The Bertz CT molecular complexity index is 1370. The highest BCUT2D eigenvalue weighted by atomic mass is 32.1. The third kappa shape index (κ3) is 3.52. The first kappa shape index (κ1) is 20.6. The van der Waals surface area contributed by atoms with Gasteiger partial charge in [-0.25, -0.2) is 14.4 Å². The quantitative estimate of drug-likeness (QED) is 0.468.